The molecule has 2 fully saturated rings. The number of carbonyl (C=O) groups is 1. The molecule has 2 aliphatic heterocycles. The molecule has 2 atom stereocenters. The van der Waals surface area contributed by atoms with E-state index in [0.29, 0.717) is 18.1 Å². The van der Waals surface area contributed by atoms with Crippen LogP contribution in [0.2, 0.25) is 0 Å². The van der Waals surface area contributed by atoms with Gasteiger partial charge in [-0.15, -0.1) is 0 Å². The molecule has 3 heterocycles. The largest absolute Gasteiger partial charge is 0.349 e. The minimum absolute atomic E-state index is 0.0436. The topological polar surface area (TPSA) is 50.2 Å². The molecular weight excluding hydrogens is 252 g/mol. The van der Waals surface area contributed by atoms with Crippen LogP contribution in [0.3, 0.4) is 0 Å². The molecule has 3 rings (SSSR count). The second kappa shape index (κ2) is 4.88. The number of fused-ring (bicyclic) bond motifs is 2. The van der Waals surface area contributed by atoms with Crippen LogP contribution in [-0.4, -0.2) is 45.8 Å². The lowest BCUT2D eigenvalue weighted by Crippen LogP contribution is -2.48. The molecular formula is C15H24N4O. The van der Waals surface area contributed by atoms with Crippen molar-refractivity contribution in [3.05, 3.63) is 17.0 Å². The molecule has 1 aromatic rings. The van der Waals surface area contributed by atoms with E-state index in [1.54, 1.807) is 4.68 Å². The number of aromatic nitrogens is 2. The van der Waals surface area contributed by atoms with Gasteiger partial charge < -0.3 is 10.2 Å². The van der Waals surface area contributed by atoms with E-state index in [-0.39, 0.29) is 5.91 Å². The molecule has 0 saturated carbocycles. The van der Waals surface area contributed by atoms with Crippen LogP contribution in [0.1, 0.15) is 47.4 Å². The van der Waals surface area contributed by atoms with E-state index in [4.69, 9.17) is 0 Å². The lowest BCUT2D eigenvalue weighted by Gasteiger charge is -2.36. The number of aryl methyl sites for hydroxylation is 2. The summed E-state index contributed by atoms with van der Waals surface area (Å²) in [7, 11) is 4.10. The Labute approximate surface area is 120 Å². The fraction of sp³-hybridized carbons (Fsp3) is 0.733. The Morgan fingerprint density at radius 1 is 1.20 bits per heavy atom. The number of hydrogen-bond donors (Lipinski definition) is 1. The third-order valence-corrected chi connectivity index (χ3v) is 5.17. The smallest absolute Gasteiger partial charge is 0.255 e. The molecule has 2 saturated heterocycles. The minimum atomic E-state index is 0.0436. The summed E-state index contributed by atoms with van der Waals surface area (Å²) < 4.78 is 1.78. The van der Waals surface area contributed by atoms with E-state index in [0.717, 1.165) is 29.8 Å². The van der Waals surface area contributed by atoms with Crippen molar-refractivity contribution in [2.45, 2.75) is 57.7 Å². The summed E-state index contributed by atoms with van der Waals surface area (Å²) in [5.41, 5.74) is 2.51. The highest BCUT2D eigenvalue weighted by Crippen LogP contribution is 2.34. The van der Waals surface area contributed by atoms with Gasteiger partial charge in [0.25, 0.3) is 5.91 Å². The van der Waals surface area contributed by atoms with Crippen molar-refractivity contribution in [2.75, 3.05) is 7.05 Å². The molecule has 5 nitrogen and oxygen atoms in total. The first-order valence-electron chi connectivity index (χ1n) is 7.50. The van der Waals surface area contributed by atoms with Crippen LogP contribution in [0.4, 0.5) is 0 Å². The van der Waals surface area contributed by atoms with Gasteiger partial charge >= 0.3 is 0 Å². The molecule has 0 unspecified atom stereocenters. The standard InChI is InChI=1S/C15H24N4O/c1-9-14(10(2)19(4)17-9)15(20)16-11-7-12-5-6-13(8-11)18(12)3/h11-13H,5-8H2,1-4H3,(H,16,20)/t12-,13-/m1/s1. The van der Waals surface area contributed by atoms with Crippen molar-refractivity contribution >= 4 is 5.91 Å². The molecule has 0 aliphatic carbocycles. The van der Waals surface area contributed by atoms with Gasteiger partial charge in [0.05, 0.1) is 11.3 Å². The van der Waals surface area contributed by atoms with Gasteiger partial charge in [-0.2, -0.15) is 5.10 Å². The van der Waals surface area contributed by atoms with Crippen molar-refractivity contribution in [1.29, 1.82) is 0 Å². The summed E-state index contributed by atoms with van der Waals surface area (Å²) in [6.07, 6.45) is 4.71. The second-order valence-electron chi connectivity index (χ2n) is 6.36. The molecule has 1 aromatic heterocycles. The lowest BCUT2D eigenvalue weighted by atomic mass is 9.97. The first-order valence-corrected chi connectivity index (χ1v) is 7.50. The summed E-state index contributed by atoms with van der Waals surface area (Å²) in [6, 6.07) is 1.61. The highest BCUT2D eigenvalue weighted by atomic mass is 16.1. The number of piperidine rings is 1. The van der Waals surface area contributed by atoms with Crippen LogP contribution >= 0.6 is 0 Å². The van der Waals surface area contributed by atoms with Crippen molar-refractivity contribution in [1.82, 2.24) is 20.0 Å². The van der Waals surface area contributed by atoms with Gasteiger partial charge in [0.1, 0.15) is 0 Å². The van der Waals surface area contributed by atoms with Gasteiger partial charge in [0.2, 0.25) is 0 Å². The summed E-state index contributed by atoms with van der Waals surface area (Å²) in [5, 5.41) is 7.56. The highest BCUT2D eigenvalue weighted by molar-refractivity contribution is 5.96. The number of nitrogens with one attached hydrogen (secondary N) is 1. The van der Waals surface area contributed by atoms with Crippen molar-refractivity contribution in [3.63, 3.8) is 0 Å². The molecule has 0 spiro atoms. The average Bonchev–Trinajstić information content (AvgIpc) is 2.74. The Hall–Kier alpha value is -1.36. The van der Waals surface area contributed by atoms with E-state index in [9.17, 15) is 4.79 Å². The van der Waals surface area contributed by atoms with Crippen LogP contribution in [0.15, 0.2) is 0 Å². The predicted molar refractivity (Wildman–Crippen MR) is 77.7 cm³/mol. The summed E-state index contributed by atoms with van der Waals surface area (Å²) in [5.74, 6) is 0.0436. The lowest BCUT2D eigenvalue weighted by molar-refractivity contribution is 0.0881. The maximum atomic E-state index is 12.5. The van der Waals surface area contributed by atoms with E-state index in [1.807, 2.05) is 20.9 Å². The maximum Gasteiger partial charge on any atom is 0.255 e. The van der Waals surface area contributed by atoms with Gasteiger partial charge in [-0.25, -0.2) is 0 Å². The van der Waals surface area contributed by atoms with Crippen LogP contribution in [0, 0.1) is 13.8 Å². The first-order chi connectivity index (χ1) is 9.47. The zero-order valence-corrected chi connectivity index (χ0v) is 12.8. The number of hydrogen-bond acceptors (Lipinski definition) is 3. The molecule has 2 bridgehead atoms. The second-order valence-corrected chi connectivity index (χ2v) is 6.36. The summed E-state index contributed by atoms with van der Waals surface area (Å²) in [4.78, 5) is 15.0. The molecule has 5 heteroatoms. The zero-order valence-electron chi connectivity index (χ0n) is 12.8. The zero-order chi connectivity index (χ0) is 14.4. The number of nitrogens with zero attached hydrogens (tertiary/aromatic N) is 3. The average molecular weight is 276 g/mol. The number of carbonyl (C=O) groups excluding carboxylic acids is 1. The Morgan fingerprint density at radius 3 is 2.30 bits per heavy atom. The predicted octanol–water partition coefficient (Wildman–Crippen LogP) is 1.39. The molecule has 0 aromatic carbocycles. The fourth-order valence-corrected chi connectivity index (χ4v) is 3.89. The Kier molecular flexibility index (Phi) is 3.32. The van der Waals surface area contributed by atoms with Crippen LogP contribution in [0.25, 0.3) is 0 Å². The van der Waals surface area contributed by atoms with Gasteiger partial charge in [0, 0.05) is 30.9 Å². The molecule has 1 N–H and O–H groups in total. The van der Waals surface area contributed by atoms with Crippen LogP contribution in [-0.2, 0) is 7.05 Å². The third-order valence-electron chi connectivity index (χ3n) is 5.17. The molecule has 110 valence electrons. The Bertz CT molecular complexity index is 522. The van der Waals surface area contributed by atoms with E-state index < -0.39 is 0 Å². The van der Waals surface area contributed by atoms with Gasteiger partial charge in [-0.1, -0.05) is 0 Å². The molecule has 20 heavy (non-hydrogen) atoms. The van der Waals surface area contributed by atoms with Crippen molar-refractivity contribution in [2.24, 2.45) is 7.05 Å². The van der Waals surface area contributed by atoms with Gasteiger partial charge in [0.15, 0.2) is 0 Å². The molecule has 2 aliphatic rings. The maximum absolute atomic E-state index is 12.5. The van der Waals surface area contributed by atoms with Crippen molar-refractivity contribution in [3.8, 4) is 0 Å². The monoisotopic (exact) mass is 276 g/mol. The molecule has 0 radical (unpaired) electrons. The highest BCUT2D eigenvalue weighted by Gasteiger charge is 2.39. The SMILES string of the molecule is Cc1nn(C)c(C)c1C(=O)NC1C[C@H]2CC[C@H](C1)N2C. The summed E-state index contributed by atoms with van der Waals surface area (Å²) >= 11 is 0. The van der Waals surface area contributed by atoms with Crippen LogP contribution in [0.5, 0.6) is 0 Å². The van der Waals surface area contributed by atoms with Crippen LogP contribution < -0.4 is 5.32 Å². The normalized spacial score (nSPS) is 29.7. The fourth-order valence-electron chi connectivity index (χ4n) is 3.89. The van der Waals surface area contributed by atoms with E-state index in [2.05, 4.69) is 22.4 Å². The minimum Gasteiger partial charge on any atom is -0.349 e. The number of amides is 1. The van der Waals surface area contributed by atoms with Gasteiger partial charge in [-0.05, 0) is 46.6 Å². The quantitative estimate of drug-likeness (QED) is 0.888. The Balaban J connectivity index is 1.71. The first kappa shape index (κ1) is 13.6. The number of rotatable bonds is 2. The third kappa shape index (κ3) is 2.14. The Morgan fingerprint density at radius 2 is 1.80 bits per heavy atom. The van der Waals surface area contributed by atoms with Gasteiger partial charge in [-0.3, -0.25) is 9.48 Å². The summed E-state index contributed by atoms with van der Waals surface area (Å²) in [6.45, 7) is 3.85. The van der Waals surface area contributed by atoms with Crippen molar-refractivity contribution < 1.29 is 4.79 Å². The van der Waals surface area contributed by atoms with E-state index in [1.165, 1.54) is 12.8 Å². The molecule has 1 amide bonds. The van der Waals surface area contributed by atoms with E-state index >= 15 is 0 Å².